The maximum absolute atomic E-state index is 13.4. The van der Waals surface area contributed by atoms with Crippen LogP contribution in [0.1, 0.15) is 51.5 Å². The third kappa shape index (κ3) is 3.05. The van der Waals surface area contributed by atoms with Gasteiger partial charge in [0.2, 0.25) is 11.7 Å². The van der Waals surface area contributed by atoms with Crippen molar-refractivity contribution in [2.75, 3.05) is 0 Å². The predicted octanol–water partition coefficient (Wildman–Crippen LogP) is 3.51. The highest BCUT2D eigenvalue weighted by molar-refractivity contribution is 6.13. The number of nitriles is 1. The van der Waals surface area contributed by atoms with E-state index in [2.05, 4.69) is 28.6 Å². The van der Waals surface area contributed by atoms with E-state index in [1.54, 1.807) is 4.68 Å². The number of benzene rings is 2. The summed E-state index contributed by atoms with van der Waals surface area (Å²) in [5.74, 6) is -2.43. The average molecular weight is 410 g/mol. The molecule has 5 rings (SSSR count). The van der Waals surface area contributed by atoms with Gasteiger partial charge in [-0.3, -0.25) is 14.3 Å². The second-order valence-electron chi connectivity index (χ2n) is 8.19. The van der Waals surface area contributed by atoms with Gasteiger partial charge in [-0.2, -0.15) is 10.4 Å². The number of aromatic nitrogens is 2. The Balaban J connectivity index is 1.46. The normalized spacial score (nSPS) is 16.7. The average Bonchev–Trinajstić information content (AvgIpc) is 3.31. The van der Waals surface area contributed by atoms with E-state index in [0.717, 1.165) is 41.6 Å². The molecule has 2 aromatic carbocycles. The van der Waals surface area contributed by atoms with Crippen LogP contribution in [0.5, 0.6) is 0 Å². The summed E-state index contributed by atoms with van der Waals surface area (Å²) in [6, 6.07) is 17.6. The molecule has 2 atom stereocenters. The van der Waals surface area contributed by atoms with Gasteiger partial charge in [0.1, 0.15) is 5.69 Å². The predicted molar refractivity (Wildman–Crippen MR) is 115 cm³/mol. The fraction of sp³-hybridized carbons (Fsp3) is 0.280. The first-order chi connectivity index (χ1) is 15.1. The molecule has 0 aliphatic heterocycles. The van der Waals surface area contributed by atoms with Crippen LogP contribution in [-0.2, 0) is 24.8 Å². The lowest BCUT2D eigenvalue weighted by atomic mass is 9.81. The van der Waals surface area contributed by atoms with E-state index in [4.69, 9.17) is 0 Å². The Hall–Kier alpha value is -3.72. The zero-order chi connectivity index (χ0) is 21.5. The van der Waals surface area contributed by atoms with E-state index >= 15 is 0 Å². The number of rotatable bonds is 5. The molecule has 2 aliphatic rings. The Labute approximate surface area is 180 Å². The van der Waals surface area contributed by atoms with Crippen LogP contribution in [0, 0.1) is 17.2 Å². The van der Waals surface area contributed by atoms with E-state index in [1.165, 1.54) is 11.1 Å². The molecule has 1 heterocycles. The molecule has 1 aromatic heterocycles. The van der Waals surface area contributed by atoms with Gasteiger partial charge in [-0.15, -0.1) is 0 Å². The smallest absolute Gasteiger partial charge is 0.245 e. The van der Waals surface area contributed by atoms with Crippen LogP contribution < -0.4 is 5.32 Å². The topological polar surface area (TPSA) is 87.8 Å². The first-order valence-electron chi connectivity index (χ1n) is 10.5. The summed E-state index contributed by atoms with van der Waals surface area (Å²) >= 11 is 0. The van der Waals surface area contributed by atoms with Crippen LogP contribution in [0.2, 0.25) is 0 Å². The monoisotopic (exact) mass is 410 g/mol. The van der Waals surface area contributed by atoms with E-state index in [1.807, 2.05) is 43.4 Å². The zero-order valence-electron chi connectivity index (χ0n) is 17.3. The van der Waals surface area contributed by atoms with Crippen molar-refractivity contribution in [3.8, 4) is 17.3 Å². The maximum atomic E-state index is 13.4. The number of hydrogen-bond donors (Lipinski definition) is 1. The summed E-state index contributed by atoms with van der Waals surface area (Å²) in [4.78, 5) is 26.1. The van der Waals surface area contributed by atoms with Gasteiger partial charge in [0.25, 0.3) is 0 Å². The van der Waals surface area contributed by atoms with Crippen molar-refractivity contribution < 1.29 is 9.59 Å². The Morgan fingerprint density at radius 1 is 1.19 bits per heavy atom. The number of ketones is 1. The lowest BCUT2D eigenvalue weighted by molar-refractivity contribution is -0.122. The highest BCUT2D eigenvalue weighted by Gasteiger charge is 2.41. The lowest BCUT2D eigenvalue weighted by Crippen LogP contribution is -2.35. The number of carbonyl (C=O) groups excluding carboxylic acids is 2. The molecule has 1 N–H and O–H groups in total. The molecule has 0 bridgehead atoms. The number of amides is 1. The number of nitrogens with one attached hydrogen (secondary N) is 1. The van der Waals surface area contributed by atoms with Crippen LogP contribution >= 0.6 is 0 Å². The molecule has 0 fully saturated rings. The van der Waals surface area contributed by atoms with Crippen LogP contribution in [0.15, 0.2) is 48.5 Å². The number of aryl methyl sites for hydroxylation is 2. The van der Waals surface area contributed by atoms with Gasteiger partial charge in [-0.05, 0) is 36.0 Å². The molecule has 0 radical (unpaired) electrons. The maximum Gasteiger partial charge on any atom is 0.245 e. The van der Waals surface area contributed by atoms with Gasteiger partial charge in [0.05, 0.1) is 11.8 Å². The minimum Gasteiger partial charge on any atom is -0.350 e. The summed E-state index contributed by atoms with van der Waals surface area (Å²) < 4.78 is 1.73. The number of fused-ring (bicyclic) bond motifs is 3. The van der Waals surface area contributed by atoms with Crippen LogP contribution in [0.25, 0.3) is 11.3 Å². The van der Waals surface area contributed by atoms with Crippen LogP contribution in [0.3, 0.4) is 0 Å². The van der Waals surface area contributed by atoms with Crippen molar-refractivity contribution in [3.63, 3.8) is 0 Å². The summed E-state index contributed by atoms with van der Waals surface area (Å²) in [5.41, 5.74) is 6.71. The van der Waals surface area contributed by atoms with Gasteiger partial charge in [-0.1, -0.05) is 48.5 Å². The van der Waals surface area contributed by atoms with Crippen molar-refractivity contribution in [2.45, 2.75) is 31.7 Å². The fourth-order valence-electron chi connectivity index (χ4n) is 5.01. The molecule has 1 amide bonds. The SMILES string of the molecule is Cn1nc(C(=O)C(C#N)C(=O)NCc2ccccc2)c2c1-c1cccc3c1C2CCC3. The van der Waals surface area contributed by atoms with Gasteiger partial charge >= 0.3 is 0 Å². The third-order valence-electron chi connectivity index (χ3n) is 6.37. The van der Waals surface area contributed by atoms with Crippen molar-refractivity contribution in [1.82, 2.24) is 15.1 Å². The summed E-state index contributed by atoms with van der Waals surface area (Å²) in [6.45, 7) is 0.267. The Kier molecular flexibility index (Phi) is 4.67. The quantitative estimate of drug-likeness (QED) is 0.515. The minimum atomic E-state index is -1.42. The highest BCUT2D eigenvalue weighted by Crippen LogP contribution is 2.52. The highest BCUT2D eigenvalue weighted by atomic mass is 16.2. The summed E-state index contributed by atoms with van der Waals surface area (Å²) in [7, 11) is 1.82. The van der Waals surface area contributed by atoms with E-state index < -0.39 is 17.6 Å². The van der Waals surface area contributed by atoms with E-state index in [9.17, 15) is 14.9 Å². The number of nitrogens with zero attached hydrogens (tertiary/aromatic N) is 3. The molecule has 6 nitrogen and oxygen atoms in total. The van der Waals surface area contributed by atoms with Crippen molar-refractivity contribution in [1.29, 1.82) is 5.26 Å². The molecule has 0 spiro atoms. The standard InChI is InChI=1S/C25H22N4O2/c1-29-23-18-12-6-10-16-9-5-11-17(20(16)18)21(23)22(28-29)24(30)19(13-26)25(31)27-14-15-7-3-2-4-8-15/h2-4,6-8,10,12,17,19H,5,9,11,14H2,1H3,(H,27,31). The van der Waals surface area contributed by atoms with Crippen LogP contribution in [0.4, 0.5) is 0 Å². The second kappa shape index (κ2) is 7.51. The molecule has 2 unspecified atom stereocenters. The molecular formula is C25H22N4O2. The second-order valence-corrected chi connectivity index (χ2v) is 8.19. The van der Waals surface area contributed by atoms with Gasteiger partial charge in [0, 0.05) is 30.6 Å². The largest absolute Gasteiger partial charge is 0.350 e. The number of Topliss-reactive ketones (excluding diaryl/α,β-unsaturated/α-hetero) is 1. The van der Waals surface area contributed by atoms with Crippen molar-refractivity contribution in [3.05, 3.63) is 76.5 Å². The van der Waals surface area contributed by atoms with E-state index in [0.29, 0.717) is 0 Å². The minimum absolute atomic E-state index is 0.106. The molecule has 0 saturated carbocycles. The molecule has 6 heteroatoms. The molecule has 31 heavy (non-hydrogen) atoms. The fourth-order valence-corrected chi connectivity index (χ4v) is 5.01. The molecule has 154 valence electrons. The van der Waals surface area contributed by atoms with Gasteiger partial charge in [-0.25, -0.2) is 0 Å². The molecule has 2 aliphatic carbocycles. The third-order valence-corrected chi connectivity index (χ3v) is 6.37. The van der Waals surface area contributed by atoms with Crippen molar-refractivity contribution >= 4 is 11.7 Å². The molecule has 3 aromatic rings. The van der Waals surface area contributed by atoms with Crippen molar-refractivity contribution in [2.24, 2.45) is 13.0 Å². The Bertz CT molecular complexity index is 1240. The van der Waals surface area contributed by atoms with Gasteiger partial charge in [0.15, 0.2) is 5.92 Å². The molecule has 0 saturated heterocycles. The number of hydrogen-bond acceptors (Lipinski definition) is 4. The first-order valence-corrected chi connectivity index (χ1v) is 10.5. The zero-order valence-corrected chi connectivity index (χ0v) is 17.3. The van der Waals surface area contributed by atoms with Gasteiger partial charge < -0.3 is 5.32 Å². The molecular weight excluding hydrogens is 388 g/mol. The lowest BCUT2D eigenvalue weighted by Gasteiger charge is -2.22. The Morgan fingerprint density at radius 3 is 2.77 bits per heavy atom. The van der Waals surface area contributed by atoms with Crippen LogP contribution in [-0.4, -0.2) is 21.5 Å². The summed E-state index contributed by atoms with van der Waals surface area (Å²) in [5, 5.41) is 16.9. The Morgan fingerprint density at radius 2 is 2.00 bits per heavy atom. The first kappa shape index (κ1) is 19.3. The van der Waals surface area contributed by atoms with E-state index in [-0.39, 0.29) is 18.2 Å². The summed E-state index contributed by atoms with van der Waals surface area (Å²) in [6.07, 6.45) is 3.02. The number of carbonyl (C=O) groups is 2.